The molecule has 102 valence electrons. The molecule has 0 aliphatic rings. The summed E-state index contributed by atoms with van der Waals surface area (Å²) in [4.78, 5) is 8.37. The molecule has 0 radical (unpaired) electrons. The zero-order valence-corrected chi connectivity index (χ0v) is 11.6. The van der Waals surface area contributed by atoms with E-state index in [4.69, 9.17) is 14.2 Å². The van der Waals surface area contributed by atoms with Crippen LogP contribution in [-0.4, -0.2) is 42.9 Å². The first-order chi connectivity index (χ1) is 8.50. The van der Waals surface area contributed by atoms with Gasteiger partial charge in [-0.1, -0.05) is 0 Å². The van der Waals surface area contributed by atoms with E-state index in [2.05, 4.69) is 15.3 Å². The minimum atomic E-state index is -0.283. The minimum Gasteiger partial charge on any atom is -0.481 e. The highest BCUT2D eigenvalue weighted by atomic mass is 16.5. The predicted molar refractivity (Wildman–Crippen MR) is 69.3 cm³/mol. The summed E-state index contributed by atoms with van der Waals surface area (Å²) in [5.41, 5.74) is -0.283. The van der Waals surface area contributed by atoms with Crippen molar-refractivity contribution in [3.63, 3.8) is 0 Å². The molecule has 1 N–H and O–H groups in total. The lowest BCUT2D eigenvalue weighted by molar-refractivity contribution is 0.000564. The quantitative estimate of drug-likeness (QED) is 0.800. The number of hydrogen-bond acceptors (Lipinski definition) is 6. The fraction of sp³-hybridized carbons (Fsp3) is 0.667. The van der Waals surface area contributed by atoms with Crippen molar-refractivity contribution < 1.29 is 14.2 Å². The summed E-state index contributed by atoms with van der Waals surface area (Å²) in [7, 11) is 3.10. The SMILES string of the molecule is CCOC(C)(C)CNc1nc(OC)cc(OC)n1. The van der Waals surface area contributed by atoms with Crippen molar-refractivity contribution in [3.8, 4) is 11.8 Å². The Bertz CT molecular complexity index is 361. The molecule has 0 amide bonds. The Kier molecular flexibility index (Phi) is 5.15. The first-order valence-corrected chi connectivity index (χ1v) is 5.85. The summed E-state index contributed by atoms with van der Waals surface area (Å²) in [6, 6.07) is 1.62. The van der Waals surface area contributed by atoms with Crippen LogP contribution in [0.1, 0.15) is 20.8 Å². The van der Waals surface area contributed by atoms with Gasteiger partial charge in [-0.05, 0) is 20.8 Å². The van der Waals surface area contributed by atoms with Crippen LogP contribution in [0.2, 0.25) is 0 Å². The molecule has 6 nitrogen and oxygen atoms in total. The fourth-order valence-electron chi connectivity index (χ4n) is 1.43. The van der Waals surface area contributed by atoms with Gasteiger partial charge in [-0.25, -0.2) is 0 Å². The van der Waals surface area contributed by atoms with Crippen molar-refractivity contribution >= 4 is 5.95 Å². The number of rotatable bonds is 7. The van der Waals surface area contributed by atoms with Crippen molar-refractivity contribution in [2.24, 2.45) is 0 Å². The van der Waals surface area contributed by atoms with Gasteiger partial charge in [0, 0.05) is 13.2 Å². The molecule has 1 aromatic heterocycles. The van der Waals surface area contributed by atoms with Gasteiger partial charge in [-0.2, -0.15) is 9.97 Å². The van der Waals surface area contributed by atoms with Crippen LogP contribution >= 0.6 is 0 Å². The second kappa shape index (κ2) is 6.39. The molecule has 0 unspecified atom stereocenters. The molecule has 0 saturated carbocycles. The average Bonchev–Trinajstić information content (AvgIpc) is 2.36. The van der Waals surface area contributed by atoms with E-state index in [1.807, 2.05) is 20.8 Å². The van der Waals surface area contributed by atoms with E-state index in [0.29, 0.717) is 30.9 Å². The van der Waals surface area contributed by atoms with E-state index < -0.39 is 0 Å². The second-order valence-corrected chi connectivity index (χ2v) is 4.32. The van der Waals surface area contributed by atoms with Crippen LogP contribution in [0.5, 0.6) is 11.8 Å². The normalized spacial score (nSPS) is 11.2. The number of aromatic nitrogens is 2. The Labute approximate surface area is 108 Å². The molecular formula is C12H21N3O3. The predicted octanol–water partition coefficient (Wildman–Crippen LogP) is 1.72. The van der Waals surface area contributed by atoms with E-state index in [1.165, 1.54) is 0 Å². The van der Waals surface area contributed by atoms with Crippen LogP contribution in [-0.2, 0) is 4.74 Å². The van der Waals surface area contributed by atoms with Gasteiger partial charge in [0.15, 0.2) is 0 Å². The molecule has 0 aromatic carbocycles. The largest absolute Gasteiger partial charge is 0.481 e. The van der Waals surface area contributed by atoms with Crippen LogP contribution < -0.4 is 14.8 Å². The van der Waals surface area contributed by atoms with Crippen LogP contribution in [0.3, 0.4) is 0 Å². The Hall–Kier alpha value is -1.56. The van der Waals surface area contributed by atoms with Crippen molar-refractivity contribution in [3.05, 3.63) is 6.07 Å². The lowest BCUT2D eigenvalue weighted by Gasteiger charge is -2.24. The lowest BCUT2D eigenvalue weighted by atomic mass is 10.1. The van der Waals surface area contributed by atoms with Crippen molar-refractivity contribution in [2.75, 3.05) is 32.7 Å². The third-order valence-corrected chi connectivity index (χ3v) is 2.30. The van der Waals surface area contributed by atoms with Gasteiger partial charge >= 0.3 is 0 Å². The van der Waals surface area contributed by atoms with Crippen molar-refractivity contribution in [1.29, 1.82) is 0 Å². The average molecular weight is 255 g/mol. The molecule has 0 atom stereocenters. The second-order valence-electron chi connectivity index (χ2n) is 4.32. The highest BCUT2D eigenvalue weighted by Crippen LogP contribution is 2.18. The van der Waals surface area contributed by atoms with Gasteiger partial charge in [0.25, 0.3) is 0 Å². The molecule has 18 heavy (non-hydrogen) atoms. The maximum atomic E-state index is 5.58. The lowest BCUT2D eigenvalue weighted by Crippen LogP contribution is -2.33. The van der Waals surface area contributed by atoms with Crippen LogP contribution in [0, 0.1) is 0 Å². The summed E-state index contributed by atoms with van der Waals surface area (Å²) in [5.74, 6) is 1.37. The number of ether oxygens (including phenoxy) is 3. The third kappa shape index (κ3) is 4.37. The van der Waals surface area contributed by atoms with E-state index in [9.17, 15) is 0 Å². The number of methoxy groups -OCH3 is 2. The summed E-state index contributed by atoms with van der Waals surface area (Å²) in [5, 5.41) is 3.11. The van der Waals surface area contributed by atoms with Gasteiger partial charge in [0.2, 0.25) is 17.7 Å². The summed E-state index contributed by atoms with van der Waals surface area (Å²) in [6.07, 6.45) is 0. The number of nitrogens with one attached hydrogen (secondary N) is 1. The van der Waals surface area contributed by atoms with Gasteiger partial charge < -0.3 is 19.5 Å². The highest BCUT2D eigenvalue weighted by Gasteiger charge is 2.18. The van der Waals surface area contributed by atoms with Crippen molar-refractivity contribution in [1.82, 2.24) is 9.97 Å². The molecule has 6 heteroatoms. The Morgan fingerprint density at radius 1 is 1.17 bits per heavy atom. The summed E-state index contributed by atoms with van der Waals surface area (Å²) in [6.45, 7) is 7.22. The minimum absolute atomic E-state index is 0.283. The van der Waals surface area contributed by atoms with Crippen molar-refractivity contribution in [2.45, 2.75) is 26.4 Å². The third-order valence-electron chi connectivity index (χ3n) is 2.30. The maximum Gasteiger partial charge on any atom is 0.229 e. The molecule has 0 fully saturated rings. The molecule has 1 aromatic rings. The fourth-order valence-corrected chi connectivity index (χ4v) is 1.43. The monoisotopic (exact) mass is 255 g/mol. The van der Waals surface area contributed by atoms with Crippen LogP contribution in [0.25, 0.3) is 0 Å². The van der Waals surface area contributed by atoms with Crippen LogP contribution in [0.4, 0.5) is 5.95 Å². The van der Waals surface area contributed by atoms with Crippen LogP contribution in [0.15, 0.2) is 6.07 Å². The number of anilines is 1. The zero-order valence-electron chi connectivity index (χ0n) is 11.6. The summed E-state index contributed by atoms with van der Waals surface area (Å²) >= 11 is 0. The highest BCUT2D eigenvalue weighted by molar-refractivity contribution is 5.33. The molecule has 0 bridgehead atoms. The topological polar surface area (TPSA) is 65.5 Å². The van der Waals surface area contributed by atoms with E-state index in [-0.39, 0.29) is 5.60 Å². The molecule has 0 aliphatic heterocycles. The van der Waals surface area contributed by atoms with E-state index in [0.717, 1.165) is 0 Å². The standard InChI is InChI=1S/C12H21N3O3/c1-6-18-12(2,3)8-13-11-14-9(16-4)7-10(15-11)17-5/h7H,6,8H2,1-5H3,(H,13,14,15). The van der Waals surface area contributed by atoms with E-state index in [1.54, 1.807) is 20.3 Å². The molecule has 1 rings (SSSR count). The molecule has 0 saturated heterocycles. The first-order valence-electron chi connectivity index (χ1n) is 5.85. The smallest absolute Gasteiger partial charge is 0.229 e. The van der Waals surface area contributed by atoms with Gasteiger partial charge in [0.05, 0.1) is 25.9 Å². The van der Waals surface area contributed by atoms with E-state index >= 15 is 0 Å². The Balaban J connectivity index is 2.72. The summed E-state index contributed by atoms with van der Waals surface area (Å²) < 4.78 is 15.7. The first kappa shape index (κ1) is 14.5. The Morgan fingerprint density at radius 2 is 1.72 bits per heavy atom. The molecule has 1 heterocycles. The molecule has 0 spiro atoms. The van der Waals surface area contributed by atoms with Gasteiger partial charge in [0.1, 0.15) is 0 Å². The maximum absolute atomic E-state index is 5.58. The zero-order chi connectivity index (χ0) is 13.6. The number of nitrogens with zero attached hydrogens (tertiary/aromatic N) is 2. The van der Waals surface area contributed by atoms with Gasteiger partial charge in [-0.15, -0.1) is 0 Å². The number of hydrogen-bond donors (Lipinski definition) is 1. The van der Waals surface area contributed by atoms with Gasteiger partial charge in [-0.3, -0.25) is 0 Å². The Morgan fingerprint density at radius 3 is 2.17 bits per heavy atom. The molecule has 0 aliphatic carbocycles. The molecular weight excluding hydrogens is 234 g/mol.